The predicted octanol–water partition coefficient (Wildman–Crippen LogP) is 2.43. The second-order valence-corrected chi connectivity index (χ2v) is 10.8. The number of sulfone groups is 1. The summed E-state index contributed by atoms with van der Waals surface area (Å²) in [6, 6.07) is 14.9. The Balaban J connectivity index is 1.75. The topological polar surface area (TPSA) is 98.1 Å². The van der Waals surface area contributed by atoms with Crippen molar-refractivity contribution in [2.75, 3.05) is 6.26 Å². The molecule has 7 nitrogen and oxygen atoms in total. The van der Waals surface area contributed by atoms with Crippen LogP contribution in [0, 0.1) is 13.8 Å². The molecule has 1 aromatic heterocycles. The van der Waals surface area contributed by atoms with Gasteiger partial charge in [-0.25, -0.2) is 21.6 Å². The Morgan fingerprint density at radius 3 is 2.21 bits per heavy atom. The van der Waals surface area contributed by atoms with Crippen LogP contribution < -0.4 is 4.72 Å². The van der Waals surface area contributed by atoms with Gasteiger partial charge >= 0.3 is 0 Å². The van der Waals surface area contributed by atoms with E-state index in [2.05, 4.69) is 9.82 Å². The van der Waals surface area contributed by atoms with Gasteiger partial charge in [-0.3, -0.25) is 4.68 Å². The molecular weight excluding hydrogens is 410 g/mol. The second kappa shape index (κ2) is 8.10. The molecular formula is C20H23N3O4S2. The van der Waals surface area contributed by atoms with E-state index in [1.165, 1.54) is 18.2 Å². The van der Waals surface area contributed by atoms with Gasteiger partial charge in [-0.1, -0.05) is 30.3 Å². The average molecular weight is 434 g/mol. The van der Waals surface area contributed by atoms with Crippen LogP contribution in [0.25, 0.3) is 0 Å². The minimum Gasteiger partial charge on any atom is -0.265 e. The maximum Gasteiger partial charge on any atom is 0.240 e. The van der Waals surface area contributed by atoms with Crippen molar-refractivity contribution >= 4 is 19.9 Å². The molecule has 0 unspecified atom stereocenters. The van der Waals surface area contributed by atoms with Gasteiger partial charge in [-0.05, 0) is 49.2 Å². The van der Waals surface area contributed by atoms with E-state index >= 15 is 0 Å². The fourth-order valence-corrected chi connectivity index (χ4v) is 4.78. The number of sulfonamides is 1. The first-order valence-corrected chi connectivity index (χ1v) is 12.3. The Hall–Kier alpha value is -2.49. The molecule has 1 heterocycles. The minimum absolute atomic E-state index is 0.0349. The lowest BCUT2D eigenvalue weighted by Crippen LogP contribution is -2.23. The Morgan fingerprint density at radius 2 is 1.55 bits per heavy atom. The highest BCUT2D eigenvalue weighted by atomic mass is 32.2. The second-order valence-electron chi connectivity index (χ2n) is 6.98. The zero-order valence-electron chi connectivity index (χ0n) is 16.5. The van der Waals surface area contributed by atoms with Crippen molar-refractivity contribution in [3.8, 4) is 0 Å². The van der Waals surface area contributed by atoms with E-state index in [1.807, 2.05) is 48.9 Å². The van der Waals surface area contributed by atoms with E-state index in [9.17, 15) is 16.8 Å². The summed E-state index contributed by atoms with van der Waals surface area (Å²) in [5.74, 6) is 0. The molecule has 0 saturated carbocycles. The maximum absolute atomic E-state index is 12.6. The number of rotatable bonds is 7. The number of hydrogen-bond acceptors (Lipinski definition) is 5. The Kier molecular flexibility index (Phi) is 5.92. The first-order chi connectivity index (χ1) is 13.5. The van der Waals surface area contributed by atoms with E-state index in [0.29, 0.717) is 6.54 Å². The van der Waals surface area contributed by atoms with Crippen LogP contribution in [0.1, 0.15) is 22.5 Å². The number of aryl methyl sites for hydroxylation is 2. The molecule has 0 aliphatic rings. The van der Waals surface area contributed by atoms with E-state index in [0.717, 1.165) is 34.8 Å². The molecule has 0 amide bonds. The van der Waals surface area contributed by atoms with E-state index in [1.54, 1.807) is 0 Å². The summed E-state index contributed by atoms with van der Waals surface area (Å²) in [5.41, 5.74) is 3.81. The van der Waals surface area contributed by atoms with Crippen LogP contribution in [0.5, 0.6) is 0 Å². The summed E-state index contributed by atoms with van der Waals surface area (Å²) < 4.78 is 53.0. The normalized spacial score (nSPS) is 12.2. The van der Waals surface area contributed by atoms with Crippen LogP contribution in [0.15, 0.2) is 64.4 Å². The van der Waals surface area contributed by atoms with Gasteiger partial charge in [-0.15, -0.1) is 0 Å². The fraction of sp³-hybridized carbons (Fsp3) is 0.250. The summed E-state index contributed by atoms with van der Waals surface area (Å²) >= 11 is 0. The zero-order valence-corrected chi connectivity index (χ0v) is 18.1. The van der Waals surface area contributed by atoms with E-state index in [4.69, 9.17) is 0 Å². The molecule has 1 N–H and O–H groups in total. The molecule has 9 heteroatoms. The first kappa shape index (κ1) is 21.2. The smallest absolute Gasteiger partial charge is 0.240 e. The average Bonchev–Trinajstić information content (AvgIpc) is 2.97. The molecule has 154 valence electrons. The van der Waals surface area contributed by atoms with Gasteiger partial charge in [0.05, 0.1) is 22.0 Å². The third kappa shape index (κ3) is 5.31. The van der Waals surface area contributed by atoms with Gasteiger partial charge in [0.15, 0.2) is 9.84 Å². The molecule has 3 aromatic rings. The summed E-state index contributed by atoms with van der Waals surface area (Å²) in [6.45, 7) is 4.61. The quantitative estimate of drug-likeness (QED) is 0.617. The van der Waals surface area contributed by atoms with Crippen molar-refractivity contribution in [2.24, 2.45) is 0 Å². The fourth-order valence-electron chi connectivity index (χ4n) is 2.98. The molecule has 2 aromatic carbocycles. The van der Waals surface area contributed by atoms with E-state index < -0.39 is 19.9 Å². The van der Waals surface area contributed by atoms with Gasteiger partial charge in [0, 0.05) is 18.5 Å². The van der Waals surface area contributed by atoms with Crippen LogP contribution in [0.4, 0.5) is 0 Å². The third-order valence-corrected chi connectivity index (χ3v) is 6.95. The largest absolute Gasteiger partial charge is 0.265 e. The lowest BCUT2D eigenvalue weighted by Gasteiger charge is -2.10. The summed E-state index contributed by atoms with van der Waals surface area (Å²) in [4.78, 5) is -0.119. The summed E-state index contributed by atoms with van der Waals surface area (Å²) in [6.07, 6.45) is 1.04. The van der Waals surface area contributed by atoms with Crippen molar-refractivity contribution in [2.45, 2.75) is 36.7 Å². The molecule has 0 aliphatic carbocycles. The molecule has 0 spiro atoms. The van der Waals surface area contributed by atoms with Crippen LogP contribution in [0.2, 0.25) is 0 Å². The molecule has 0 aliphatic heterocycles. The van der Waals surface area contributed by atoms with E-state index in [-0.39, 0.29) is 16.3 Å². The maximum atomic E-state index is 12.6. The molecule has 0 saturated heterocycles. The third-order valence-electron chi connectivity index (χ3n) is 4.44. The highest BCUT2D eigenvalue weighted by Crippen LogP contribution is 2.16. The molecule has 29 heavy (non-hydrogen) atoms. The zero-order chi connectivity index (χ0) is 21.2. The molecule has 3 rings (SSSR count). The highest BCUT2D eigenvalue weighted by Gasteiger charge is 2.17. The van der Waals surface area contributed by atoms with Crippen molar-refractivity contribution in [1.82, 2.24) is 14.5 Å². The monoisotopic (exact) mass is 433 g/mol. The standard InChI is InChI=1S/C20H23N3O4S2/c1-15-10-16(2)23(22-15)14-18-7-4-6-17(11-18)13-21-29(26,27)20-9-5-8-19(12-20)28(3,24)25/h4-12,21H,13-14H2,1-3H3. The van der Waals surface area contributed by atoms with Gasteiger partial charge < -0.3 is 0 Å². The van der Waals surface area contributed by atoms with Crippen molar-refractivity contribution in [3.63, 3.8) is 0 Å². The van der Waals surface area contributed by atoms with Gasteiger partial charge in [0.2, 0.25) is 10.0 Å². The number of benzene rings is 2. The van der Waals surface area contributed by atoms with Crippen molar-refractivity contribution < 1.29 is 16.8 Å². The highest BCUT2D eigenvalue weighted by molar-refractivity contribution is 7.91. The van der Waals surface area contributed by atoms with Gasteiger partial charge in [0.1, 0.15) is 0 Å². The number of nitrogens with zero attached hydrogens (tertiary/aromatic N) is 2. The van der Waals surface area contributed by atoms with Crippen LogP contribution >= 0.6 is 0 Å². The van der Waals surface area contributed by atoms with Crippen molar-refractivity contribution in [3.05, 3.63) is 77.1 Å². The summed E-state index contributed by atoms with van der Waals surface area (Å²) in [5, 5.41) is 4.44. The van der Waals surface area contributed by atoms with Gasteiger partial charge in [0.25, 0.3) is 0 Å². The Morgan fingerprint density at radius 1 is 0.897 bits per heavy atom. The van der Waals surface area contributed by atoms with Crippen LogP contribution in [-0.2, 0) is 33.0 Å². The summed E-state index contributed by atoms with van der Waals surface area (Å²) in [7, 11) is -7.34. The van der Waals surface area contributed by atoms with Crippen molar-refractivity contribution in [1.29, 1.82) is 0 Å². The molecule has 0 atom stereocenters. The Labute approximate surface area is 171 Å². The predicted molar refractivity (Wildman–Crippen MR) is 111 cm³/mol. The molecule has 0 bridgehead atoms. The number of aromatic nitrogens is 2. The first-order valence-electron chi connectivity index (χ1n) is 8.93. The lowest BCUT2D eigenvalue weighted by molar-refractivity contribution is 0.581. The number of hydrogen-bond donors (Lipinski definition) is 1. The van der Waals surface area contributed by atoms with Gasteiger partial charge in [-0.2, -0.15) is 5.10 Å². The minimum atomic E-state index is -3.85. The SMILES string of the molecule is Cc1cc(C)n(Cc2cccc(CNS(=O)(=O)c3cccc(S(C)(=O)=O)c3)c2)n1. The molecule has 0 radical (unpaired) electrons. The molecule has 0 fully saturated rings. The van der Waals surface area contributed by atoms with Crippen LogP contribution in [-0.4, -0.2) is 32.9 Å². The van der Waals surface area contributed by atoms with Crippen LogP contribution in [0.3, 0.4) is 0 Å². The number of nitrogens with one attached hydrogen (secondary N) is 1. The lowest BCUT2D eigenvalue weighted by atomic mass is 10.1. The Bertz CT molecular complexity index is 1250.